The van der Waals surface area contributed by atoms with Crippen molar-refractivity contribution in [1.82, 2.24) is 15.4 Å². The molecule has 0 aliphatic carbocycles. The number of hydrogen-bond donors (Lipinski definition) is 4. The van der Waals surface area contributed by atoms with Gasteiger partial charge in [0.15, 0.2) is 0 Å². The lowest BCUT2D eigenvalue weighted by Gasteiger charge is -2.14. The molecular weight excluding hydrogens is 294 g/mol. The number of sulfonamides is 1. The molecule has 0 aromatic rings. The van der Waals surface area contributed by atoms with Crippen LogP contribution in [0.15, 0.2) is 0 Å². The van der Waals surface area contributed by atoms with E-state index in [4.69, 9.17) is 5.11 Å². The standard InChI is InChI=1S/C9H17N3O7S/c1-10-20(17,18)4-3-11-9(16)12-6(8(14)15)5-7(13)19-2/h6,10H,3-5H2,1-2H3,(H,14,15)(H2,11,12,16)/t6-/m0/s1. The number of rotatable bonds is 8. The van der Waals surface area contributed by atoms with Crippen molar-refractivity contribution in [2.45, 2.75) is 12.5 Å². The Kier molecular flexibility index (Phi) is 7.54. The van der Waals surface area contributed by atoms with E-state index in [2.05, 4.69) is 14.8 Å². The summed E-state index contributed by atoms with van der Waals surface area (Å²) < 4.78 is 28.5. The summed E-state index contributed by atoms with van der Waals surface area (Å²) in [4.78, 5) is 33.1. The maximum Gasteiger partial charge on any atom is 0.326 e. The Morgan fingerprint density at radius 2 is 1.90 bits per heavy atom. The number of carboxylic acid groups (broad SMARTS) is 1. The number of methoxy groups -OCH3 is 1. The molecule has 0 aliphatic rings. The molecule has 0 spiro atoms. The van der Waals surface area contributed by atoms with Gasteiger partial charge in [-0.3, -0.25) is 4.79 Å². The summed E-state index contributed by atoms with van der Waals surface area (Å²) in [6.45, 7) is -0.209. The van der Waals surface area contributed by atoms with E-state index in [1.807, 2.05) is 5.32 Å². The van der Waals surface area contributed by atoms with Gasteiger partial charge in [-0.15, -0.1) is 0 Å². The topological polar surface area (TPSA) is 151 Å². The van der Waals surface area contributed by atoms with Crippen molar-refractivity contribution in [2.75, 3.05) is 26.5 Å². The smallest absolute Gasteiger partial charge is 0.326 e. The third-order valence-corrected chi connectivity index (χ3v) is 3.53. The number of ether oxygens (including phenoxy) is 1. The Labute approximate surface area is 115 Å². The van der Waals surface area contributed by atoms with Crippen LogP contribution in [-0.2, 0) is 24.3 Å². The monoisotopic (exact) mass is 311 g/mol. The highest BCUT2D eigenvalue weighted by atomic mass is 32.2. The number of nitrogens with one attached hydrogen (secondary N) is 3. The molecule has 4 N–H and O–H groups in total. The average Bonchev–Trinajstić information content (AvgIpc) is 2.37. The second kappa shape index (κ2) is 8.32. The first-order chi connectivity index (χ1) is 9.21. The summed E-state index contributed by atoms with van der Waals surface area (Å²) in [5.74, 6) is -2.56. The number of urea groups is 1. The number of carboxylic acids is 1. The normalized spacial score (nSPS) is 12.3. The van der Waals surface area contributed by atoms with Crippen LogP contribution in [0.1, 0.15) is 6.42 Å². The van der Waals surface area contributed by atoms with Crippen LogP contribution in [-0.4, -0.2) is 64.0 Å². The minimum Gasteiger partial charge on any atom is -0.480 e. The molecule has 0 aromatic heterocycles. The first-order valence-electron chi connectivity index (χ1n) is 5.47. The molecule has 0 saturated heterocycles. The van der Waals surface area contributed by atoms with Crippen LogP contribution in [0.5, 0.6) is 0 Å². The molecule has 0 saturated carbocycles. The van der Waals surface area contributed by atoms with Crippen molar-refractivity contribution in [3.63, 3.8) is 0 Å². The molecule has 10 nitrogen and oxygen atoms in total. The fraction of sp³-hybridized carbons (Fsp3) is 0.667. The highest BCUT2D eigenvalue weighted by molar-refractivity contribution is 7.89. The van der Waals surface area contributed by atoms with E-state index in [0.717, 1.165) is 7.11 Å². The lowest BCUT2D eigenvalue weighted by molar-refractivity contribution is -0.147. The summed E-state index contributed by atoms with van der Waals surface area (Å²) in [5.41, 5.74) is 0. The second-order valence-electron chi connectivity index (χ2n) is 3.59. The molecule has 0 fully saturated rings. The predicted molar refractivity (Wildman–Crippen MR) is 67.4 cm³/mol. The molecule has 0 aliphatic heterocycles. The van der Waals surface area contributed by atoms with Gasteiger partial charge >= 0.3 is 18.0 Å². The van der Waals surface area contributed by atoms with Gasteiger partial charge in [0.25, 0.3) is 0 Å². The van der Waals surface area contributed by atoms with Gasteiger partial charge < -0.3 is 20.5 Å². The fourth-order valence-corrected chi connectivity index (χ4v) is 1.64. The lowest BCUT2D eigenvalue weighted by atomic mass is 10.2. The Bertz CT molecular complexity index is 462. The van der Waals surface area contributed by atoms with Crippen LogP contribution in [0.25, 0.3) is 0 Å². The van der Waals surface area contributed by atoms with Crippen molar-refractivity contribution < 1.29 is 32.6 Å². The van der Waals surface area contributed by atoms with Crippen molar-refractivity contribution in [2.24, 2.45) is 0 Å². The number of carbonyl (C=O) groups is 3. The van der Waals surface area contributed by atoms with Gasteiger partial charge in [0.2, 0.25) is 10.0 Å². The summed E-state index contributed by atoms with van der Waals surface area (Å²) in [5, 5.41) is 13.0. The zero-order valence-corrected chi connectivity index (χ0v) is 11.8. The summed E-state index contributed by atoms with van der Waals surface area (Å²) >= 11 is 0. The molecule has 20 heavy (non-hydrogen) atoms. The van der Waals surface area contributed by atoms with Crippen molar-refractivity contribution in [3.05, 3.63) is 0 Å². The molecule has 0 unspecified atom stereocenters. The fourth-order valence-electron chi connectivity index (χ4n) is 1.06. The largest absolute Gasteiger partial charge is 0.480 e. The van der Waals surface area contributed by atoms with Gasteiger partial charge in [0.1, 0.15) is 6.04 Å². The van der Waals surface area contributed by atoms with E-state index in [1.54, 1.807) is 0 Å². The summed E-state index contributed by atoms with van der Waals surface area (Å²) in [7, 11) is -1.15. The van der Waals surface area contributed by atoms with E-state index in [9.17, 15) is 22.8 Å². The Morgan fingerprint density at radius 1 is 1.30 bits per heavy atom. The van der Waals surface area contributed by atoms with E-state index in [-0.39, 0.29) is 12.3 Å². The number of aliphatic carboxylic acids is 1. The van der Waals surface area contributed by atoms with Gasteiger partial charge in [-0.25, -0.2) is 22.7 Å². The molecule has 0 radical (unpaired) electrons. The first kappa shape index (κ1) is 18.1. The highest BCUT2D eigenvalue weighted by Gasteiger charge is 2.23. The van der Waals surface area contributed by atoms with Gasteiger partial charge in [0.05, 0.1) is 19.3 Å². The maximum atomic E-state index is 11.3. The molecule has 2 amide bonds. The second-order valence-corrected chi connectivity index (χ2v) is 5.64. The third kappa shape index (κ3) is 7.53. The Morgan fingerprint density at radius 3 is 2.35 bits per heavy atom. The molecule has 1 atom stereocenters. The zero-order chi connectivity index (χ0) is 15.8. The number of carbonyl (C=O) groups excluding carboxylic acids is 2. The molecular formula is C9H17N3O7S. The third-order valence-electron chi connectivity index (χ3n) is 2.17. The van der Waals surface area contributed by atoms with Gasteiger partial charge in [-0.1, -0.05) is 0 Å². The average molecular weight is 311 g/mol. The number of hydrogen-bond acceptors (Lipinski definition) is 6. The van der Waals surface area contributed by atoms with Gasteiger partial charge in [-0.05, 0) is 7.05 Å². The molecule has 0 rings (SSSR count). The minimum absolute atomic E-state index is 0.209. The van der Waals surface area contributed by atoms with Gasteiger partial charge in [0, 0.05) is 6.54 Å². The molecule has 0 aromatic carbocycles. The van der Waals surface area contributed by atoms with Crippen LogP contribution in [0.4, 0.5) is 4.79 Å². The molecule has 0 heterocycles. The van der Waals surface area contributed by atoms with Crippen molar-refractivity contribution >= 4 is 28.0 Å². The van der Waals surface area contributed by atoms with Crippen molar-refractivity contribution in [3.8, 4) is 0 Å². The van der Waals surface area contributed by atoms with Crippen LogP contribution >= 0.6 is 0 Å². The maximum absolute atomic E-state index is 11.3. The first-order valence-corrected chi connectivity index (χ1v) is 7.12. The molecule has 116 valence electrons. The van der Waals surface area contributed by atoms with Crippen LogP contribution < -0.4 is 15.4 Å². The minimum atomic E-state index is -3.47. The van der Waals surface area contributed by atoms with Crippen molar-refractivity contribution in [1.29, 1.82) is 0 Å². The quantitative estimate of drug-likeness (QED) is 0.373. The van der Waals surface area contributed by atoms with E-state index in [0.29, 0.717) is 0 Å². The highest BCUT2D eigenvalue weighted by Crippen LogP contribution is 1.95. The predicted octanol–water partition coefficient (Wildman–Crippen LogP) is -2.15. The van der Waals surface area contributed by atoms with Crippen LogP contribution in [0, 0.1) is 0 Å². The number of esters is 1. The summed E-state index contributed by atoms with van der Waals surface area (Å²) in [6.07, 6.45) is -0.534. The van der Waals surface area contributed by atoms with E-state index < -0.39 is 40.5 Å². The van der Waals surface area contributed by atoms with Crippen LogP contribution in [0.2, 0.25) is 0 Å². The molecule has 11 heteroatoms. The zero-order valence-electron chi connectivity index (χ0n) is 11.0. The lowest BCUT2D eigenvalue weighted by Crippen LogP contribution is -2.48. The molecule has 0 bridgehead atoms. The Hall–Kier alpha value is -1.88. The SMILES string of the molecule is CNS(=O)(=O)CCNC(=O)N[C@@H](CC(=O)OC)C(=O)O. The van der Waals surface area contributed by atoms with E-state index in [1.165, 1.54) is 7.05 Å². The van der Waals surface area contributed by atoms with Gasteiger partial charge in [-0.2, -0.15) is 0 Å². The summed E-state index contributed by atoms with van der Waals surface area (Å²) in [6, 6.07) is -2.35. The number of amides is 2. The van der Waals surface area contributed by atoms with Crippen LogP contribution in [0.3, 0.4) is 0 Å². The van der Waals surface area contributed by atoms with E-state index >= 15 is 0 Å². The Balaban J connectivity index is 4.27.